The van der Waals surface area contributed by atoms with E-state index in [1.54, 1.807) is 13.8 Å². The Morgan fingerprint density at radius 2 is 1.84 bits per heavy atom. The number of ether oxygens (including phenoxy) is 1. The number of aliphatic carboxylic acids is 1. The largest absolute Gasteiger partial charge is 0.481 e. The number of carboxylic acid groups (broad SMARTS) is 1. The third-order valence-electron chi connectivity index (χ3n) is 2.36. The number of carbonyl (C=O) groups is 2. The Hall–Kier alpha value is -1.84. The predicted molar refractivity (Wildman–Crippen MR) is 74.8 cm³/mol. The molecule has 0 aliphatic rings. The Morgan fingerprint density at radius 1 is 1.21 bits per heavy atom. The molecule has 0 fully saturated rings. The first kappa shape index (κ1) is 17.2. The third kappa shape index (κ3) is 7.97. The van der Waals surface area contributed by atoms with Gasteiger partial charge in [0, 0.05) is 5.57 Å². The Morgan fingerprint density at radius 3 is 2.32 bits per heavy atom. The molecule has 106 valence electrons. The molecular weight excluding hydrogens is 244 g/mol. The minimum atomic E-state index is -1.04. The van der Waals surface area contributed by atoms with Crippen LogP contribution in [-0.4, -0.2) is 23.7 Å². The standard InChI is InChI=1S/C15H22O4/c1-5-6-7-8-12(4)10-19-15(18)13(11(2)3)9-14(16)17/h6-8H,5,9-10H2,1-4H3,(H,16,17)/b7-6-,12-8+. The van der Waals surface area contributed by atoms with Crippen LogP contribution in [0.5, 0.6) is 0 Å². The summed E-state index contributed by atoms with van der Waals surface area (Å²) in [5.41, 5.74) is 1.78. The first-order chi connectivity index (χ1) is 8.88. The average molecular weight is 266 g/mol. The van der Waals surface area contributed by atoms with E-state index in [-0.39, 0.29) is 18.6 Å². The van der Waals surface area contributed by atoms with Crippen LogP contribution in [0.3, 0.4) is 0 Å². The summed E-state index contributed by atoms with van der Waals surface area (Å²) < 4.78 is 5.10. The van der Waals surface area contributed by atoms with E-state index in [9.17, 15) is 9.59 Å². The molecular formula is C15H22O4. The van der Waals surface area contributed by atoms with Gasteiger partial charge in [-0.1, -0.05) is 30.7 Å². The van der Waals surface area contributed by atoms with Gasteiger partial charge in [-0.3, -0.25) is 4.79 Å². The van der Waals surface area contributed by atoms with Gasteiger partial charge < -0.3 is 9.84 Å². The molecule has 19 heavy (non-hydrogen) atoms. The molecule has 0 rings (SSSR count). The lowest BCUT2D eigenvalue weighted by atomic mass is 10.1. The summed E-state index contributed by atoms with van der Waals surface area (Å²) in [6, 6.07) is 0. The molecule has 0 aromatic rings. The first-order valence-corrected chi connectivity index (χ1v) is 6.26. The predicted octanol–water partition coefficient (Wildman–Crippen LogP) is 3.25. The lowest BCUT2D eigenvalue weighted by Crippen LogP contribution is -2.14. The van der Waals surface area contributed by atoms with Gasteiger partial charge in [0.2, 0.25) is 0 Å². The number of carboxylic acids is 1. The molecule has 0 saturated heterocycles. The Kier molecular flexibility index (Phi) is 8.25. The second-order valence-corrected chi connectivity index (χ2v) is 4.47. The van der Waals surface area contributed by atoms with Crippen molar-refractivity contribution in [3.63, 3.8) is 0 Å². The third-order valence-corrected chi connectivity index (χ3v) is 2.36. The molecule has 1 N–H and O–H groups in total. The van der Waals surface area contributed by atoms with E-state index in [1.807, 2.05) is 32.1 Å². The van der Waals surface area contributed by atoms with Crippen LogP contribution in [0.15, 0.2) is 34.9 Å². The first-order valence-electron chi connectivity index (χ1n) is 6.26. The quantitative estimate of drug-likeness (QED) is 0.436. The lowest BCUT2D eigenvalue weighted by Gasteiger charge is -2.08. The van der Waals surface area contributed by atoms with Crippen molar-refractivity contribution < 1.29 is 19.4 Å². The fraction of sp³-hybridized carbons (Fsp3) is 0.467. The van der Waals surface area contributed by atoms with E-state index in [1.165, 1.54) is 0 Å². The van der Waals surface area contributed by atoms with Gasteiger partial charge in [-0.25, -0.2) is 4.79 Å². The van der Waals surface area contributed by atoms with Gasteiger partial charge in [-0.2, -0.15) is 0 Å². The van der Waals surface area contributed by atoms with Gasteiger partial charge in [0.05, 0.1) is 6.42 Å². The number of esters is 1. The number of allylic oxidation sites excluding steroid dienone is 4. The van der Waals surface area contributed by atoms with Crippen LogP contribution in [0.1, 0.15) is 40.5 Å². The summed E-state index contributed by atoms with van der Waals surface area (Å²) in [5.74, 6) is -1.60. The summed E-state index contributed by atoms with van der Waals surface area (Å²) in [4.78, 5) is 22.4. The van der Waals surface area contributed by atoms with Crippen molar-refractivity contribution in [2.75, 3.05) is 6.61 Å². The Labute approximate surface area is 114 Å². The van der Waals surface area contributed by atoms with Crippen molar-refractivity contribution in [2.45, 2.75) is 40.5 Å². The van der Waals surface area contributed by atoms with Crippen LogP contribution in [0.25, 0.3) is 0 Å². The molecule has 0 amide bonds. The highest BCUT2D eigenvalue weighted by Gasteiger charge is 2.16. The summed E-state index contributed by atoms with van der Waals surface area (Å²) in [6.45, 7) is 7.46. The molecule has 0 spiro atoms. The zero-order chi connectivity index (χ0) is 14.8. The van der Waals surface area contributed by atoms with Gasteiger partial charge in [-0.15, -0.1) is 0 Å². The van der Waals surface area contributed by atoms with Gasteiger partial charge in [0.15, 0.2) is 0 Å². The minimum absolute atomic E-state index is 0.170. The molecule has 0 bridgehead atoms. The second kappa shape index (κ2) is 9.14. The van der Waals surface area contributed by atoms with Crippen LogP contribution in [0.4, 0.5) is 0 Å². The molecule has 0 heterocycles. The molecule has 4 nitrogen and oxygen atoms in total. The van der Waals surface area contributed by atoms with Gasteiger partial charge in [0.1, 0.15) is 6.61 Å². The molecule has 4 heteroatoms. The molecule has 0 aromatic carbocycles. The highest BCUT2D eigenvalue weighted by atomic mass is 16.5. The van der Waals surface area contributed by atoms with Crippen molar-refractivity contribution in [3.8, 4) is 0 Å². The van der Waals surface area contributed by atoms with E-state index < -0.39 is 11.9 Å². The molecule has 0 unspecified atom stereocenters. The molecule has 0 saturated carbocycles. The van der Waals surface area contributed by atoms with E-state index in [2.05, 4.69) is 0 Å². The van der Waals surface area contributed by atoms with Crippen LogP contribution in [0, 0.1) is 0 Å². The number of rotatable bonds is 7. The van der Waals surface area contributed by atoms with Crippen molar-refractivity contribution in [1.82, 2.24) is 0 Å². The van der Waals surface area contributed by atoms with Crippen LogP contribution in [0.2, 0.25) is 0 Å². The van der Waals surface area contributed by atoms with E-state index in [4.69, 9.17) is 9.84 Å². The van der Waals surface area contributed by atoms with Crippen molar-refractivity contribution in [3.05, 3.63) is 34.9 Å². The normalized spacial score (nSPS) is 11.5. The molecule has 0 aromatic heterocycles. The van der Waals surface area contributed by atoms with Gasteiger partial charge in [-0.05, 0) is 32.8 Å². The highest BCUT2D eigenvalue weighted by molar-refractivity contribution is 5.94. The van der Waals surface area contributed by atoms with Crippen molar-refractivity contribution >= 4 is 11.9 Å². The highest BCUT2D eigenvalue weighted by Crippen LogP contribution is 2.11. The Bertz CT molecular complexity index is 410. The lowest BCUT2D eigenvalue weighted by molar-refractivity contribution is -0.142. The maximum atomic E-state index is 11.8. The number of hydrogen-bond acceptors (Lipinski definition) is 3. The summed E-state index contributed by atoms with van der Waals surface area (Å²) in [5, 5.41) is 8.74. The number of carbonyl (C=O) groups excluding carboxylic acids is 1. The van der Waals surface area contributed by atoms with E-state index >= 15 is 0 Å². The van der Waals surface area contributed by atoms with Crippen LogP contribution >= 0.6 is 0 Å². The second-order valence-electron chi connectivity index (χ2n) is 4.47. The summed E-state index contributed by atoms with van der Waals surface area (Å²) in [7, 11) is 0. The molecule has 0 atom stereocenters. The average Bonchev–Trinajstić information content (AvgIpc) is 2.32. The van der Waals surface area contributed by atoms with Crippen LogP contribution < -0.4 is 0 Å². The minimum Gasteiger partial charge on any atom is -0.481 e. The maximum absolute atomic E-state index is 11.8. The summed E-state index contributed by atoms with van der Waals surface area (Å²) in [6.07, 6.45) is 6.42. The molecule has 0 aliphatic carbocycles. The van der Waals surface area contributed by atoms with E-state index in [0.717, 1.165) is 12.0 Å². The maximum Gasteiger partial charge on any atom is 0.334 e. The van der Waals surface area contributed by atoms with Crippen molar-refractivity contribution in [2.24, 2.45) is 0 Å². The fourth-order valence-electron chi connectivity index (χ4n) is 1.29. The molecule has 0 aliphatic heterocycles. The van der Waals surface area contributed by atoms with Gasteiger partial charge >= 0.3 is 11.9 Å². The SMILES string of the molecule is CC/C=C\C=C(/C)COC(=O)C(CC(=O)O)=C(C)C. The zero-order valence-electron chi connectivity index (χ0n) is 12.0. The fourth-order valence-corrected chi connectivity index (χ4v) is 1.29. The van der Waals surface area contributed by atoms with Crippen LogP contribution in [-0.2, 0) is 14.3 Å². The van der Waals surface area contributed by atoms with E-state index in [0.29, 0.717) is 5.57 Å². The smallest absolute Gasteiger partial charge is 0.334 e. The molecule has 0 radical (unpaired) electrons. The Balaban J connectivity index is 4.52. The monoisotopic (exact) mass is 266 g/mol. The topological polar surface area (TPSA) is 63.6 Å². The van der Waals surface area contributed by atoms with Crippen molar-refractivity contribution in [1.29, 1.82) is 0 Å². The number of hydrogen-bond donors (Lipinski definition) is 1. The zero-order valence-corrected chi connectivity index (χ0v) is 12.0. The summed E-state index contributed by atoms with van der Waals surface area (Å²) >= 11 is 0. The van der Waals surface area contributed by atoms with Gasteiger partial charge in [0.25, 0.3) is 0 Å².